The molecule has 3 heteroatoms. The Morgan fingerprint density at radius 2 is 1.76 bits per heavy atom. The van der Waals surface area contributed by atoms with E-state index in [9.17, 15) is 9.90 Å². The zero-order valence-corrected chi connectivity index (χ0v) is 12.8. The van der Waals surface area contributed by atoms with Crippen LogP contribution >= 0.6 is 0 Å². The predicted molar refractivity (Wildman–Crippen MR) is 86.7 cm³/mol. The van der Waals surface area contributed by atoms with Gasteiger partial charge < -0.3 is 10.2 Å². The van der Waals surface area contributed by atoms with Crippen LogP contribution in [0.5, 0.6) is 5.75 Å². The average Bonchev–Trinajstić information content (AvgIpc) is 2.46. The van der Waals surface area contributed by atoms with Crippen LogP contribution in [0.4, 0.5) is 0 Å². The molecule has 0 heterocycles. The second kappa shape index (κ2) is 10.0. The van der Waals surface area contributed by atoms with Gasteiger partial charge in [-0.2, -0.15) is 0 Å². The second-order valence-electron chi connectivity index (χ2n) is 5.36. The number of allylic oxidation sites excluding steroid dienone is 1. The van der Waals surface area contributed by atoms with Crippen LogP contribution in [0.15, 0.2) is 24.3 Å². The number of carboxylic acid groups (broad SMARTS) is 1. The third kappa shape index (κ3) is 6.48. The van der Waals surface area contributed by atoms with Gasteiger partial charge in [-0.25, -0.2) is 4.79 Å². The zero-order chi connectivity index (χ0) is 15.5. The van der Waals surface area contributed by atoms with E-state index in [4.69, 9.17) is 5.11 Å². The number of hydrogen-bond donors (Lipinski definition) is 2. The molecule has 0 saturated carbocycles. The number of aromatic hydroxyl groups is 1. The third-order valence-corrected chi connectivity index (χ3v) is 3.57. The Morgan fingerprint density at radius 1 is 1.10 bits per heavy atom. The number of carboxylic acids is 1. The van der Waals surface area contributed by atoms with E-state index in [0.717, 1.165) is 12.8 Å². The molecule has 21 heavy (non-hydrogen) atoms. The van der Waals surface area contributed by atoms with E-state index in [2.05, 4.69) is 6.92 Å². The molecule has 0 radical (unpaired) electrons. The first-order chi connectivity index (χ1) is 10.2. The highest BCUT2D eigenvalue weighted by Gasteiger charge is 2.10. The van der Waals surface area contributed by atoms with Crippen molar-refractivity contribution in [1.29, 1.82) is 0 Å². The molecule has 0 aliphatic heterocycles. The van der Waals surface area contributed by atoms with Crippen molar-refractivity contribution in [2.24, 2.45) is 0 Å². The molecule has 1 aromatic rings. The van der Waals surface area contributed by atoms with Crippen molar-refractivity contribution in [1.82, 2.24) is 0 Å². The number of phenols is 1. The van der Waals surface area contributed by atoms with E-state index >= 15 is 0 Å². The number of unbranched alkanes of at least 4 members (excludes halogenated alkanes) is 7. The fourth-order valence-electron chi connectivity index (χ4n) is 2.30. The van der Waals surface area contributed by atoms with Gasteiger partial charge in [-0.3, -0.25) is 0 Å². The lowest BCUT2D eigenvalue weighted by Gasteiger charge is -2.03. The molecule has 0 aliphatic rings. The number of aromatic carboxylic acids is 1. The second-order valence-corrected chi connectivity index (χ2v) is 5.36. The summed E-state index contributed by atoms with van der Waals surface area (Å²) in [5.74, 6) is -1.25. The van der Waals surface area contributed by atoms with Gasteiger partial charge in [0.25, 0.3) is 0 Å². The van der Waals surface area contributed by atoms with Crippen LogP contribution in [0.3, 0.4) is 0 Å². The smallest absolute Gasteiger partial charge is 0.339 e. The predicted octanol–water partition coefficient (Wildman–Crippen LogP) is 5.24. The molecule has 0 atom stereocenters. The third-order valence-electron chi connectivity index (χ3n) is 3.57. The van der Waals surface area contributed by atoms with Gasteiger partial charge in [0.2, 0.25) is 0 Å². The van der Waals surface area contributed by atoms with Crippen LogP contribution in [0.25, 0.3) is 6.08 Å². The minimum absolute atomic E-state index is 0.0481. The summed E-state index contributed by atoms with van der Waals surface area (Å²) in [7, 11) is 0. The van der Waals surface area contributed by atoms with Crippen molar-refractivity contribution >= 4 is 12.0 Å². The van der Waals surface area contributed by atoms with Crippen LogP contribution in [-0.4, -0.2) is 16.2 Å². The molecule has 1 aromatic carbocycles. The Morgan fingerprint density at radius 3 is 2.43 bits per heavy atom. The van der Waals surface area contributed by atoms with Crippen LogP contribution in [0.2, 0.25) is 0 Å². The summed E-state index contributed by atoms with van der Waals surface area (Å²) in [5, 5.41) is 18.8. The summed E-state index contributed by atoms with van der Waals surface area (Å²) in [6.07, 6.45) is 13.7. The first-order valence-corrected chi connectivity index (χ1v) is 7.88. The van der Waals surface area contributed by atoms with Gasteiger partial charge in [0.1, 0.15) is 11.3 Å². The fourth-order valence-corrected chi connectivity index (χ4v) is 2.30. The van der Waals surface area contributed by atoms with E-state index in [1.165, 1.54) is 44.6 Å². The van der Waals surface area contributed by atoms with Crippen LogP contribution in [-0.2, 0) is 0 Å². The van der Waals surface area contributed by atoms with Gasteiger partial charge in [0.15, 0.2) is 0 Å². The number of carbonyl (C=O) groups is 1. The Balaban J connectivity index is 2.31. The summed E-state index contributed by atoms with van der Waals surface area (Å²) >= 11 is 0. The Kier molecular flexibility index (Phi) is 8.25. The Hall–Kier alpha value is -1.77. The number of benzene rings is 1. The maximum atomic E-state index is 10.9. The first kappa shape index (κ1) is 17.3. The van der Waals surface area contributed by atoms with E-state index in [1.54, 1.807) is 18.2 Å². The van der Waals surface area contributed by atoms with Crippen LogP contribution < -0.4 is 0 Å². The zero-order valence-electron chi connectivity index (χ0n) is 12.8. The van der Waals surface area contributed by atoms with Crippen molar-refractivity contribution in [3.8, 4) is 5.75 Å². The fraction of sp³-hybridized carbons (Fsp3) is 0.500. The summed E-state index contributed by atoms with van der Waals surface area (Å²) in [6, 6.07) is 4.78. The Labute approximate surface area is 127 Å². The van der Waals surface area contributed by atoms with Crippen molar-refractivity contribution < 1.29 is 15.0 Å². The van der Waals surface area contributed by atoms with Crippen molar-refractivity contribution in [3.05, 3.63) is 35.4 Å². The normalized spacial score (nSPS) is 11.1. The molecule has 1 rings (SSSR count). The van der Waals surface area contributed by atoms with Crippen molar-refractivity contribution in [2.45, 2.75) is 58.3 Å². The molecule has 0 aliphatic carbocycles. The minimum atomic E-state index is -1.10. The standard InChI is InChI=1S/C18H26O3/c1-2-3-4-5-6-7-8-9-10-12-15-13-11-14-16(17(15)19)18(20)21/h10-14,19H,2-9H2,1H3,(H,20,21)/b12-10+. The molecule has 116 valence electrons. The maximum absolute atomic E-state index is 10.9. The summed E-state index contributed by atoms with van der Waals surface area (Å²) < 4.78 is 0. The molecule has 2 N–H and O–H groups in total. The molecule has 0 fully saturated rings. The number of para-hydroxylation sites is 1. The summed E-state index contributed by atoms with van der Waals surface area (Å²) in [6.45, 7) is 2.22. The quantitative estimate of drug-likeness (QED) is 0.579. The van der Waals surface area contributed by atoms with E-state index < -0.39 is 5.97 Å². The molecule has 0 unspecified atom stereocenters. The van der Waals surface area contributed by atoms with Crippen LogP contribution in [0.1, 0.15) is 74.2 Å². The molecular weight excluding hydrogens is 264 g/mol. The number of rotatable bonds is 10. The maximum Gasteiger partial charge on any atom is 0.339 e. The Bertz CT molecular complexity index is 464. The molecule has 3 nitrogen and oxygen atoms in total. The largest absolute Gasteiger partial charge is 0.506 e. The molecule has 0 amide bonds. The highest BCUT2D eigenvalue weighted by Crippen LogP contribution is 2.24. The lowest BCUT2D eigenvalue weighted by molar-refractivity contribution is 0.0693. The highest BCUT2D eigenvalue weighted by molar-refractivity contribution is 5.92. The number of hydrogen-bond acceptors (Lipinski definition) is 2. The molecule has 0 aromatic heterocycles. The van der Waals surface area contributed by atoms with Gasteiger partial charge in [-0.15, -0.1) is 0 Å². The first-order valence-electron chi connectivity index (χ1n) is 7.88. The monoisotopic (exact) mass is 290 g/mol. The van der Waals surface area contributed by atoms with Crippen LogP contribution in [0, 0.1) is 0 Å². The SMILES string of the molecule is CCCCCCCCC/C=C/c1cccc(C(=O)O)c1O. The van der Waals surface area contributed by atoms with Gasteiger partial charge in [-0.05, 0) is 18.9 Å². The van der Waals surface area contributed by atoms with E-state index in [0.29, 0.717) is 5.56 Å². The van der Waals surface area contributed by atoms with Gasteiger partial charge in [0.05, 0.1) is 0 Å². The topological polar surface area (TPSA) is 57.5 Å². The molecule has 0 saturated heterocycles. The van der Waals surface area contributed by atoms with Crippen molar-refractivity contribution in [3.63, 3.8) is 0 Å². The van der Waals surface area contributed by atoms with Gasteiger partial charge in [-0.1, -0.05) is 69.7 Å². The van der Waals surface area contributed by atoms with Gasteiger partial charge >= 0.3 is 5.97 Å². The highest BCUT2D eigenvalue weighted by atomic mass is 16.4. The van der Waals surface area contributed by atoms with E-state index in [1.807, 2.05) is 6.08 Å². The molecule has 0 bridgehead atoms. The summed E-state index contributed by atoms with van der Waals surface area (Å²) in [4.78, 5) is 10.9. The van der Waals surface area contributed by atoms with E-state index in [-0.39, 0.29) is 11.3 Å². The lowest BCUT2D eigenvalue weighted by atomic mass is 10.1. The summed E-state index contributed by atoms with van der Waals surface area (Å²) in [5.41, 5.74) is 0.519. The minimum Gasteiger partial charge on any atom is -0.506 e. The van der Waals surface area contributed by atoms with Gasteiger partial charge in [0, 0.05) is 5.56 Å². The average molecular weight is 290 g/mol. The lowest BCUT2D eigenvalue weighted by Crippen LogP contribution is -1.97. The van der Waals surface area contributed by atoms with Crippen molar-refractivity contribution in [2.75, 3.05) is 0 Å². The molecule has 0 spiro atoms. The molecular formula is C18H26O3.